The highest BCUT2D eigenvalue weighted by molar-refractivity contribution is 6.30. The smallest absolute Gasteiger partial charge is 0.453 e. The van der Waals surface area contributed by atoms with Crippen LogP contribution in [0.15, 0.2) is 72.8 Å². The molecule has 0 amide bonds. The molecule has 0 radical (unpaired) electrons. The number of carboxylic acid groups (broad SMARTS) is 1. The van der Waals surface area contributed by atoms with Gasteiger partial charge in [0.25, 0.3) is 5.78 Å². The quantitative estimate of drug-likeness (QED) is 0.201. The molecule has 0 spiro atoms. The molecule has 3 aromatic carbocycles. The third kappa shape index (κ3) is 8.96. The number of aliphatic carboxylic acids is 1. The summed E-state index contributed by atoms with van der Waals surface area (Å²) in [6.45, 7) is 2.87. The van der Waals surface area contributed by atoms with E-state index in [0.717, 1.165) is 29.7 Å². The van der Waals surface area contributed by atoms with Gasteiger partial charge in [0.1, 0.15) is 5.75 Å². The van der Waals surface area contributed by atoms with Crippen LogP contribution in [0.5, 0.6) is 5.75 Å². The zero-order valence-electron chi connectivity index (χ0n) is 22.8. The minimum absolute atomic E-state index is 0.113. The number of hydrogen-bond donors (Lipinski definition) is 1. The number of ether oxygens (including phenoxy) is 1. The molecule has 0 saturated heterocycles. The Bertz CT molecular complexity index is 1250. The van der Waals surface area contributed by atoms with Crippen LogP contribution in [-0.2, 0) is 21.5 Å². The molecule has 0 saturated carbocycles. The maximum atomic E-state index is 13.0. The standard InChI is InChI=1S/C31H32Cl2F3NO4/c1-30(22-10-14-24(32)15-11-22,23-12-16-25(33)17-13-23)37(2)20-4-5-21-8-18-26(19-9-21)41-27(6-3-7-28(38)39)29(40)31(34,35)36/h8-19,27H,3-7,20H2,1-2H3,(H,38,39). The molecular formula is C31H32Cl2F3NO4. The second-order valence-corrected chi connectivity index (χ2v) is 10.9. The molecule has 41 heavy (non-hydrogen) atoms. The van der Waals surface area contributed by atoms with E-state index in [4.69, 9.17) is 33.0 Å². The molecule has 0 aliphatic rings. The second-order valence-electron chi connectivity index (χ2n) is 10.0. The van der Waals surface area contributed by atoms with Crippen LogP contribution in [0.3, 0.4) is 0 Å². The fourth-order valence-electron chi connectivity index (χ4n) is 4.66. The van der Waals surface area contributed by atoms with Gasteiger partial charge < -0.3 is 9.84 Å². The second kappa shape index (κ2) is 14.2. The third-order valence-electron chi connectivity index (χ3n) is 7.17. The van der Waals surface area contributed by atoms with Crippen molar-refractivity contribution in [3.63, 3.8) is 0 Å². The predicted molar refractivity (Wildman–Crippen MR) is 154 cm³/mol. The van der Waals surface area contributed by atoms with Gasteiger partial charge in [0.2, 0.25) is 0 Å². The van der Waals surface area contributed by atoms with E-state index in [9.17, 15) is 22.8 Å². The van der Waals surface area contributed by atoms with Crippen molar-refractivity contribution in [2.24, 2.45) is 0 Å². The van der Waals surface area contributed by atoms with Crippen molar-refractivity contribution in [1.29, 1.82) is 0 Å². The first-order valence-electron chi connectivity index (χ1n) is 13.1. The molecule has 1 N–H and O–H groups in total. The maximum absolute atomic E-state index is 13.0. The van der Waals surface area contributed by atoms with E-state index in [0.29, 0.717) is 16.5 Å². The van der Waals surface area contributed by atoms with Gasteiger partial charge in [0, 0.05) is 16.5 Å². The first-order valence-corrected chi connectivity index (χ1v) is 13.9. The molecule has 0 bridgehead atoms. The molecule has 5 nitrogen and oxygen atoms in total. The number of rotatable bonds is 14. The number of carbonyl (C=O) groups excluding carboxylic acids is 1. The normalized spacial score (nSPS) is 12.8. The summed E-state index contributed by atoms with van der Waals surface area (Å²) in [5.41, 5.74) is 2.63. The van der Waals surface area contributed by atoms with E-state index in [1.807, 2.05) is 55.6 Å². The molecule has 0 heterocycles. The summed E-state index contributed by atoms with van der Waals surface area (Å²) in [5, 5.41) is 10.1. The average Bonchev–Trinajstić information content (AvgIpc) is 2.92. The highest BCUT2D eigenvalue weighted by Crippen LogP contribution is 2.36. The van der Waals surface area contributed by atoms with Crippen LogP contribution in [-0.4, -0.2) is 47.6 Å². The van der Waals surface area contributed by atoms with Gasteiger partial charge in [-0.3, -0.25) is 14.5 Å². The topological polar surface area (TPSA) is 66.8 Å². The number of aryl methyl sites for hydroxylation is 1. The lowest BCUT2D eigenvalue weighted by Crippen LogP contribution is -2.42. The summed E-state index contributed by atoms with van der Waals surface area (Å²) < 4.78 is 44.4. The van der Waals surface area contributed by atoms with Crippen LogP contribution in [0.25, 0.3) is 0 Å². The fourth-order valence-corrected chi connectivity index (χ4v) is 4.92. The number of ketones is 1. The minimum Gasteiger partial charge on any atom is -0.482 e. The van der Waals surface area contributed by atoms with E-state index in [1.54, 1.807) is 12.1 Å². The van der Waals surface area contributed by atoms with Gasteiger partial charge in [-0.2, -0.15) is 13.2 Å². The molecule has 1 atom stereocenters. The van der Waals surface area contributed by atoms with Crippen LogP contribution in [0.2, 0.25) is 10.0 Å². The molecule has 10 heteroatoms. The van der Waals surface area contributed by atoms with Crippen LogP contribution in [0, 0.1) is 0 Å². The Morgan fingerprint density at radius 2 is 1.39 bits per heavy atom. The van der Waals surface area contributed by atoms with E-state index in [1.165, 1.54) is 12.1 Å². The Morgan fingerprint density at radius 1 is 0.878 bits per heavy atom. The molecule has 3 rings (SSSR count). The summed E-state index contributed by atoms with van der Waals surface area (Å²) in [7, 11) is 2.04. The summed E-state index contributed by atoms with van der Waals surface area (Å²) in [6.07, 6.45) is -6.20. The first-order chi connectivity index (χ1) is 19.3. The Hall–Kier alpha value is -3.07. The number of carboxylic acids is 1. The fraction of sp³-hybridized carbons (Fsp3) is 0.355. The molecule has 0 aliphatic carbocycles. The summed E-state index contributed by atoms with van der Waals surface area (Å²) >= 11 is 12.3. The maximum Gasteiger partial charge on any atom is 0.453 e. The minimum atomic E-state index is -5.08. The molecule has 0 fully saturated rings. The third-order valence-corrected chi connectivity index (χ3v) is 7.67. The number of alkyl halides is 3. The van der Waals surface area contributed by atoms with E-state index < -0.39 is 29.6 Å². The van der Waals surface area contributed by atoms with Crippen molar-refractivity contribution in [1.82, 2.24) is 4.90 Å². The summed E-state index contributed by atoms with van der Waals surface area (Å²) in [4.78, 5) is 24.8. The molecule has 220 valence electrons. The SMILES string of the molecule is CN(CCCc1ccc(OC(CCCC(=O)O)C(=O)C(F)(F)F)cc1)C(C)(c1ccc(Cl)cc1)c1ccc(Cl)cc1. The number of carbonyl (C=O) groups is 2. The lowest BCUT2D eigenvalue weighted by atomic mass is 9.83. The molecule has 0 aliphatic heterocycles. The molecule has 1 unspecified atom stereocenters. The van der Waals surface area contributed by atoms with Gasteiger partial charge in [-0.05, 0) is 99.3 Å². The number of hydrogen-bond acceptors (Lipinski definition) is 4. The van der Waals surface area contributed by atoms with Gasteiger partial charge in [0.15, 0.2) is 6.10 Å². The highest BCUT2D eigenvalue weighted by atomic mass is 35.5. The van der Waals surface area contributed by atoms with Crippen LogP contribution < -0.4 is 4.74 Å². The van der Waals surface area contributed by atoms with Gasteiger partial charge in [0.05, 0.1) is 5.54 Å². The number of nitrogens with zero attached hydrogens (tertiary/aromatic N) is 1. The Labute approximate surface area is 247 Å². The number of Topliss-reactive ketones (excluding diaryl/α,β-unsaturated/α-hetero) is 1. The predicted octanol–water partition coefficient (Wildman–Crippen LogP) is 7.96. The lowest BCUT2D eigenvalue weighted by molar-refractivity contribution is -0.178. The summed E-state index contributed by atoms with van der Waals surface area (Å²) in [6, 6.07) is 22.0. The zero-order valence-corrected chi connectivity index (χ0v) is 24.3. The van der Waals surface area contributed by atoms with E-state index in [2.05, 4.69) is 11.8 Å². The lowest BCUT2D eigenvalue weighted by Gasteiger charge is -2.40. The molecule has 0 aromatic heterocycles. The molecule has 3 aromatic rings. The van der Waals surface area contributed by atoms with Crippen LogP contribution >= 0.6 is 23.2 Å². The average molecular weight is 611 g/mol. The zero-order chi connectivity index (χ0) is 30.2. The van der Waals surface area contributed by atoms with Crippen molar-refractivity contribution >= 4 is 35.0 Å². The van der Waals surface area contributed by atoms with Gasteiger partial charge in [-0.15, -0.1) is 0 Å². The van der Waals surface area contributed by atoms with Crippen LogP contribution in [0.4, 0.5) is 13.2 Å². The van der Waals surface area contributed by atoms with Crippen molar-refractivity contribution in [2.45, 2.75) is 56.8 Å². The van der Waals surface area contributed by atoms with Gasteiger partial charge >= 0.3 is 12.1 Å². The largest absolute Gasteiger partial charge is 0.482 e. The van der Waals surface area contributed by atoms with Gasteiger partial charge in [-0.1, -0.05) is 59.6 Å². The van der Waals surface area contributed by atoms with Crippen molar-refractivity contribution in [2.75, 3.05) is 13.6 Å². The van der Waals surface area contributed by atoms with Crippen molar-refractivity contribution in [3.05, 3.63) is 99.5 Å². The number of halogens is 5. The Morgan fingerprint density at radius 3 is 1.85 bits per heavy atom. The van der Waals surface area contributed by atoms with E-state index >= 15 is 0 Å². The Kier molecular flexibility index (Phi) is 11.2. The highest BCUT2D eigenvalue weighted by Gasteiger charge is 2.44. The van der Waals surface area contributed by atoms with Crippen LogP contribution in [0.1, 0.15) is 49.3 Å². The van der Waals surface area contributed by atoms with Gasteiger partial charge in [-0.25, -0.2) is 0 Å². The van der Waals surface area contributed by atoms with Crippen molar-refractivity contribution < 1.29 is 32.6 Å². The summed E-state index contributed by atoms with van der Waals surface area (Å²) in [5.74, 6) is -3.07. The monoisotopic (exact) mass is 609 g/mol. The number of benzene rings is 3. The molecular weight excluding hydrogens is 578 g/mol. The van der Waals surface area contributed by atoms with E-state index in [-0.39, 0.29) is 25.0 Å². The van der Waals surface area contributed by atoms with Crippen molar-refractivity contribution in [3.8, 4) is 5.75 Å². The Balaban J connectivity index is 1.66. The first kappa shape index (κ1) is 32.4.